The number of fused-ring (bicyclic) bond motifs is 2. The topological polar surface area (TPSA) is 108 Å². The van der Waals surface area contributed by atoms with E-state index in [2.05, 4.69) is 30.0 Å². The molecule has 0 aliphatic carbocycles. The highest BCUT2D eigenvalue weighted by Gasteiger charge is 2.17. The van der Waals surface area contributed by atoms with Crippen LogP contribution in [0, 0.1) is 5.82 Å². The fourth-order valence-corrected chi connectivity index (χ4v) is 5.72. The third kappa shape index (κ3) is 6.36. The molecular formula is C34H35FN8O2. The second-order valence-electron chi connectivity index (χ2n) is 11.6. The number of likely N-dealkylation sites (N-methyl/N-ethyl adjacent to an activating group) is 1. The lowest BCUT2D eigenvalue weighted by Crippen LogP contribution is -2.25. The number of aromatic amines is 2. The number of rotatable bonds is 11. The summed E-state index contributed by atoms with van der Waals surface area (Å²) in [5.74, 6) is 0.805. The molecule has 0 atom stereocenters. The molecule has 6 aromatic rings. The molecule has 0 radical (unpaired) electrons. The molecule has 1 aliphatic heterocycles. The summed E-state index contributed by atoms with van der Waals surface area (Å²) in [6.45, 7) is 5.01. The van der Waals surface area contributed by atoms with Crippen LogP contribution >= 0.6 is 0 Å². The summed E-state index contributed by atoms with van der Waals surface area (Å²) in [6.07, 6.45) is 7.77. The number of nitrogens with one attached hydrogen (secondary N) is 2. The summed E-state index contributed by atoms with van der Waals surface area (Å²) in [7, 11) is 3.93. The molecule has 0 bridgehead atoms. The van der Waals surface area contributed by atoms with Gasteiger partial charge < -0.3 is 19.4 Å². The highest BCUT2D eigenvalue weighted by molar-refractivity contribution is 5.99. The minimum absolute atomic E-state index is 0.382. The number of aromatic nitrogens is 6. The van der Waals surface area contributed by atoms with Crippen molar-refractivity contribution in [1.82, 2.24) is 39.9 Å². The van der Waals surface area contributed by atoms with E-state index in [0.717, 1.165) is 70.8 Å². The monoisotopic (exact) mass is 606 g/mol. The zero-order valence-corrected chi connectivity index (χ0v) is 25.4. The Kier molecular flexibility index (Phi) is 8.10. The molecule has 1 aliphatic rings. The smallest absolute Gasteiger partial charge is 0.138 e. The number of ether oxygens (including phenoxy) is 2. The van der Waals surface area contributed by atoms with Gasteiger partial charge in [-0.1, -0.05) is 0 Å². The van der Waals surface area contributed by atoms with Crippen LogP contribution in [-0.4, -0.2) is 93.4 Å². The Morgan fingerprint density at radius 2 is 1.73 bits per heavy atom. The van der Waals surface area contributed by atoms with Crippen molar-refractivity contribution in [1.29, 1.82) is 0 Å². The van der Waals surface area contributed by atoms with Crippen LogP contribution in [-0.2, 0) is 0 Å². The standard InChI is InChI=1S/C34H35FN8O2/c1-42(2)11-13-44-25-16-22(15-24(35)18-25)32-27-19-31(38-29(27)7-8-37-32)34-33-30(40-41-34)6-5-28(39-33)23-17-26(21-36-20-23)45-14-12-43-9-3-4-10-43/h5-8,15-21,38H,3-4,9-14H2,1-2H3,(H,40,41). The third-order valence-electron chi connectivity index (χ3n) is 8.05. The van der Waals surface area contributed by atoms with E-state index in [4.69, 9.17) is 14.5 Å². The van der Waals surface area contributed by atoms with Crippen molar-refractivity contribution in [3.8, 4) is 45.4 Å². The maximum absolute atomic E-state index is 14.7. The highest BCUT2D eigenvalue weighted by Crippen LogP contribution is 2.34. The number of halogens is 1. The molecule has 45 heavy (non-hydrogen) atoms. The first-order valence-electron chi connectivity index (χ1n) is 15.2. The van der Waals surface area contributed by atoms with Crippen LogP contribution in [0.5, 0.6) is 11.5 Å². The zero-order valence-electron chi connectivity index (χ0n) is 25.4. The van der Waals surface area contributed by atoms with E-state index in [-0.39, 0.29) is 5.82 Å². The second kappa shape index (κ2) is 12.6. The van der Waals surface area contributed by atoms with Crippen LogP contribution in [0.3, 0.4) is 0 Å². The molecule has 2 N–H and O–H groups in total. The van der Waals surface area contributed by atoms with Crippen molar-refractivity contribution in [3.05, 3.63) is 72.9 Å². The zero-order chi connectivity index (χ0) is 30.8. The fourth-order valence-electron chi connectivity index (χ4n) is 5.72. The number of likely N-dealkylation sites (tertiary alicyclic amines) is 1. The number of H-pyrrole nitrogens is 2. The van der Waals surface area contributed by atoms with Crippen molar-refractivity contribution in [2.75, 3.05) is 53.5 Å². The Balaban J connectivity index is 1.17. The molecule has 0 unspecified atom stereocenters. The molecule has 10 nitrogen and oxygen atoms in total. The van der Waals surface area contributed by atoms with Crippen LogP contribution < -0.4 is 9.47 Å². The molecule has 11 heteroatoms. The minimum atomic E-state index is -0.382. The SMILES string of the molecule is CN(C)CCOc1cc(F)cc(-c2nccc3[nH]c(-c4n[nH]c5ccc(-c6cncc(OCCN7CCCC7)c6)nc45)cc23)c1. The molecule has 0 saturated carbocycles. The van der Waals surface area contributed by atoms with E-state index in [1.54, 1.807) is 18.6 Å². The average Bonchev–Trinajstić information content (AvgIpc) is 3.80. The fraction of sp³-hybridized carbons (Fsp3) is 0.294. The summed E-state index contributed by atoms with van der Waals surface area (Å²) in [6, 6.07) is 14.5. The Morgan fingerprint density at radius 1 is 0.889 bits per heavy atom. The summed E-state index contributed by atoms with van der Waals surface area (Å²) >= 11 is 0. The number of pyridine rings is 3. The van der Waals surface area contributed by atoms with Gasteiger partial charge in [0.15, 0.2) is 0 Å². The molecular weight excluding hydrogens is 571 g/mol. The van der Waals surface area contributed by atoms with E-state index in [9.17, 15) is 4.39 Å². The van der Waals surface area contributed by atoms with Gasteiger partial charge in [0.1, 0.15) is 41.7 Å². The van der Waals surface area contributed by atoms with Crippen molar-refractivity contribution in [3.63, 3.8) is 0 Å². The van der Waals surface area contributed by atoms with Gasteiger partial charge in [0.05, 0.1) is 28.8 Å². The Morgan fingerprint density at radius 3 is 2.60 bits per heavy atom. The molecule has 6 heterocycles. The van der Waals surface area contributed by atoms with Crippen molar-refractivity contribution in [2.24, 2.45) is 0 Å². The summed E-state index contributed by atoms with van der Waals surface area (Å²) < 4.78 is 26.5. The van der Waals surface area contributed by atoms with E-state index in [1.165, 1.54) is 25.0 Å². The third-order valence-corrected chi connectivity index (χ3v) is 8.05. The van der Waals surface area contributed by atoms with Gasteiger partial charge in [-0.25, -0.2) is 9.37 Å². The molecule has 0 spiro atoms. The maximum Gasteiger partial charge on any atom is 0.138 e. The average molecular weight is 607 g/mol. The molecule has 7 rings (SSSR count). The predicted octanol–water partition coefficient (Wildman–Crippen LogP) is 5.78. The van der Waals surface area contributed by atoms with Gasteiger partial charge in [0, 0.05) is 53.6 Å². The largest absolute Gasteiger partial charge is 0.492 e. The Hall–Kier alpha value is -4.87. The number of nitrogens with zero attached hydrogens (tertiary/aromatic N) is 6. The van der Waals surface area contributed by atoms with E-state index in [1.807, 2.05) is 55.4 Å². The molecule has 1 fully saturated rings. The first-order chi connectivity index (χ1) is 22.0. The Bertz CT molecular complexity index is 1950. The van der Waals surface area contributed by atoms with Gasteiger partial charge in [0.25, 0.3) is 0 Å². The summed E-state index contributed by atoms with van der Waals surface area (Å²) in [5, 5.41) is 8.54. The number of hydrogen-bond donors (Lipinski definition) is 2. The number of benzene rings is 1. The molecule has 1 aromatic carbocycles. The first kappa shape index (κ1) is 28.9. The van der Waals surface area contributed by atoms with Gasteiger partial charge in [0.2, 0.25) is 0 Å². The Labute approximate surface area is 260 Å². The van der Waals surface area contributed by atoms with Crippen LogP contribution in [0.2, 0.25) is 0 Å². The summed E-state index contributed by atoms with van der Waals surface area (Å²) in [5.41, 5.74) is 6.73. The van der Waals surface area contributed by atoms with Crippen molar-refractivity contribution >= 4 is 21.9 Å². The predicted molar refractivity (Wildman–Crippen MR) is 173 cm³/mol. The lowest BCUT2D eigenvalue weighted by atomic mass is 10.1. The van der Waals surface area contributed by atoms with E-state index < -0.39 is 0 Å². The van der Waals surface area contributed by atoms with Gasteiger partial charge in [-0.2, -0.15) is 5.10 Å². The van der Waals surface area contributed by atoms with Gasteiger partial charge in [-0.15, -0.1) is 0 Å². The normalized spacial score (nSPS) is 13.8. The van der Waals surface area contributed by atoms with Gasteiger partial charge in [-0.3, -0.25) is 20.0 Å². The van der Waals surface area contributed by atoms with Crippen LogP contribution in [0.1, 0.15) is 12.8 Å². The minimum Gasteiger partial charge on any atom is -0.492 e. The van der Waals surface area contributed by atoms with Gasteiger partial charge >= 0.3 is 0 Å². The highest BCUT2D eigenvalue weighted by atomic mass is 19.1. The van der Waals surface area contributed by atoms with E-state index in [0.29, 0.717) is 35.9 Å². The van der Waals surface area contributed by atoms with Crippen LogP contribution in [0.4, 0.5) is 4.39 Å². The van der Waals surface area contributed by atoms with Crippen molar-refractivity contribution in [2.45, 2.75) is 12.8 Å². The molecule has 230 valence electrons. The van der Waals surface area contributed by atoms with Gasteiger partial charge in [-0.05, 0) is 82.5 Å². The molecule has 0 amide bonds. The van der Waals surface area contributed by atoms with Crippen molar-refractivity contribution < 1.29 is 13.9 Å². The lowest BCUT2D eigenvalue weighted by Gasteiger charge is -2.15. The summed E-state index contributed by atoms with van der Waals surface area (Å²) in [4.78, 5) is 21.9. The first-order valence-corrected chi connectivity index (χ1v) is 15.2. The van der Waals surface area contributed by atoms with Crippen LogP contribution in [0.15, 0.2) is 67.1 Å². The lowest BCUT2D eigenvalue weighted by molar-refractivity contribution is 0.237. The maximum atomic E-state index is 14.7. The van der Waals surface area contributed by atoms with Crippen LogP contribution in [0.25, 0.3) is 55.8 Å². The van der Waals surface area contributed by atoms with E-state index >= 15 is 0 Å². The second-order valence-corrected chi connectivity index (χ2v) is 11.6. The number of hydrogen-bond acceptors (Lipinski definition) is 8. The molecule has 1 saturated heterocycles. The molecule has 5 aromatic heterocycles. The quantitative estimate of drug-likeness (QED) is 0.191.